The molecular weight excluding hydrogens is 247 g/mol. The minimum atomic E-state index is -0.705. The van der Waals surface area contributed by atoms with E-state index >= 15 is 0 Å². The van der Waals surface area contributed by atoms with E-state index in [-0.39, 0.29) is 0 Å². The monoisotopic (exact) mass is 262 g/mol. The second-order valence-corrected chi connectivity index (χ2v) is 6.96. The lowest BCUT2D eigenvalue weighted by molar-refractivity contribution is 1.36. The molecule has 1 aromatic rings. The van der Waals surface area contributed by atoms with Crippen LogP contribution < -0.4 is 5.30 Å². The summed E-state index contributed by atoms with van der Waals surface area (Å²) in [5.74, 6) is 0. The summed E-state index contributed by atoms with van der Waals surface area (Å²) in [6.45, 7) is 4.21. The van der Waals surface area contributed by atoms with E-state index < -0.39 is 7.27 Å². The number of rotatable bonds is 2. The van der Waals surface area contributed by atoms with E-state index in [1.54, 1.807) is 0 Å². The number of hydrogen-bond donors (Lipinski definition) is 0. The Bertz CT molecular complexity index is 480. The van der Waals surface area contributed by atoms with Crippen molar-refractivity contribution in [1.29, 1.82) is 0 Å². The van der Waals surface area contributed by atoms with Crippen molar-refractivity contribution in [2.75, 3.05) is 0 Å². The quantitative estimate of drug-likeness (QED) is 0.655. The third-order valence-corrected chi connectivity index (χ3v) is 5.58. The third-order valence-electron chi connectivity index (χ3n) is 2.76. The van der Waals surface area contributed by atoms with Gasteiger partial charge < -0.3 is 0 Å². The minimum Gasteiger partial charge on any atom is -0.0862 e. The first kappa shape index (κ1) is 12.6. The lowest BCUT2D eigenvalue weighted by Crippen LogP contribution is -1.98. The summed E-state index contributed by atoms with van der Waals surface area (Å²) in [7, 11) is -0.705. The Balaban J connectivity index is 2.23. The van der Waals surface area contributed by atoms with Crippen molar-refractivity contribution in [3.63, 3.8) is 0 Å². The standard InChI is InChI=1S/C15H16ClP/c1-12-4-3-5-14(9-6-12)17(16)15-10-7-13(2)8-11-15/h3-4,6-11H,5H2,1-2H3. The van der Waals surface area contributed by atoms with Crippen LogP contribution in [0.2, 0.25) is 0 Å². The van der Waals surface area contributed by atoms with Gasteiger partial charge >= 0.3 is 0 Å². The Morgan fingerprint density at radius 2 is 1.76 bits per heavy atom. The molecule has 0 N–H and O–H groups in total. The van der Waals surface area contributed by atoms with E-state index in [1.165, 1.54) is 21.8 Å². The van der Waals surface area contributed by atoms with Crippen LogP contribution in [-0.2, 0) is 0 Å². The molecule has 0 fully saturated rings. The number of benzene rings is 1. The van der Waals surface area contributed by atoms with Crippen molar-refractivity contribution in [3.8, 4) is 0 Å². The van der Waals surface area contributed by atoms with E-state index in [2.05, 4.69) is 62.4 Å². The fourth-order valence-electron chi connectivity index (χ4n) is 1.70. The predicted molar refractivity (Wildman–Crippen MR) is 79.2 cm³/mol. The summed E-state index contributed by atoms with van der Waals surface area (Å²) in [5, 5.41) is 2.55. The zero-order valence-corrected chi connectivity index (χ0v) is 11.8. The summed E-state index contributed by atoms with van der Waals surface area (Å²) in [6, 6.07) is 8.53. The molecule has 88 valence electrons. The normalized spacial score (nSPS) is 17.1. The van der Waals surface area contributed by atoms with Crippen LogP contribution in [0.3, 0.4) is 0 Å². The van der Waals surface area contributed by atoms with Crippen molar-refractivity contribution in [1.82, 2.24) is 0 Å². The molecule has 1 aliphatic carbocycles. The Labute approximate surface area is 109 Å². The van der Waals surface area contributed by atoms with E-state index in [4.69, 9.17) is 11.2 Å². The summed E-state index contributed by atoms with van der Waals surface area (Å²) < 4.78 is 0. The van der Waals surface area contributed by atoms with Gasteiger partial charge in [-0.15, -0.1) is 0 Å². The highest BCUT2D eigenvalue weighted by molar-refractivity contribution is 7.93. The van der Waals surface area contributed by atoms with Crippen LogP contribution >= 0.6 is 18.5 Å². The molecule has 2 rings (SSSR count). The molecule has 0 heterocycles. The van der Waals surface area contributed by atoms with Gasteiger partial charge in [0, 0.05) is 7.27 Å². The third kappa shape index (κ3) is 3.31. The summed E-state index contributed by atoms with van der Waals surface area (Å²) in [4.78, 5) is 0. The maximum atomic E-state index is 6.59. The highest BCUT2D eigenvalue weighted by Crippen LogP contribution is 2.50. The van der Waals surface area contributed by atoms with Crippen molar-refractivity contribution in [2.45, 2.75) is 20.3 Å². The van der Waals surface area contributed by atoms with Crippen molar-refractivity contribution < 1.29 is 0 Å². The van der Waals surface area contributed by atoms with Gasteiger partial charge in [-0.05, 0) is 30.9 Å². The molecule has 0 spiro atoms. The molecule has 1 atom stereocenters. The number of allylic oxidation sites excluding steroid dienone is 6. The van der Waals surface area contributed by atoms with E-state index in [0.717, 1.165) is 6.42 Å². The number of aryl methyl sites for hydroxylation is 1. The van der Waals surface area contributed by atoms with Gasteiger partial charge in [0.2, 0.25) is 0 Å². The molecular formula is C15H16ClP. The lowest BCUT2D eigenvalue weighted by Gasteiger charge is -2.12. The van der Waals surface area contributed by atoms with Gasteiger partial charge in [0.15, 0.2) is 0 Å². The van der Waals surface area contributed by atoms with Gasteiger partial charge in [-0.25, -0.2) is 0 Å². The van der Waals surface area contributed by atoms with E-state index in [9.17, 15) is 0 Å². The molecule has 1 aliphatic rings. The fourth-order valence-corrected chi connectivity index (χ4v) is 3.63. The Morgan fingerprint density at radius 3 is 2.47 bits per heavy atom. The molecule has 2 heteroatoms. The molecule has 17 heavy (non-hydrogen) atoms. The molecule has 0 bridgehead atoms. The van der Waals surface area contributed by atoms with Gasteiger partial charge in [0.05, 0.1) is 0 Å². The lowest BCUT2D eigenvalue weighted by atomic mass is 10.2. The zero-order chi connectivity index (χ0) is 12.3. The molecule has 1 unspecified atom stereocenters. The summed E-state index contributed by atoms with van der Waals surface area (Å²) >= 11 is 6.59. The zero-order valence-electron chi connectivity index (χ0n) is 10.2. The van der Waals surface area contributed by atoms with Crippen LogP contribution in [-0.4, -0.2) is 0 Å². The first-order chi connectivity index (χ1) is 8.16. The first-order valence-corrected chi connectivity index (χ1v) is 7.98. The second-order valence-electron chi connectivity index (χ2n) is 4.29. The maximum absolute atomic E-state index is 6.59. The van der Waals surface area contributed by atoms with Crippen LogP contribution in [0, 0.1) is 6.92 Å². The highest BCUT2D eigenvalue weighted by Gasteiger charge is 2.12. The number of halogens is 1. The van der Waals surface area contributed by atoms with Gasteiger partial charge in [-0.3, -0.25) is 0 Å². The van der Waals surface area contributed by atoms with Gasteiger partial charge in [0.1, 0.15) is 0 Å². The SMILES string of the molecule is CC1=CC=C(P(Cl)c2ccc(C)cc2)CC=C1. The van der Waals surface area contributed by atoms with Crippen LogP contribution in [0.5, 0.6) is 0 Å². The van der Waals surface area contributed by atoms with Crippen LogP contribution in [0.4, 0.5) is 0 Å². The summed E-state index contributed by atoms with van der Waals surface area (Å²) in [5.41, 5.74) is 2.56. The van der Waals surface area contributed by atoms with Crippen LogP contribution in [0.15, 0.2) is 59.5 Å². The van der Waals surface area contributed by atoms with Crippen LogP contribution in [0.25, 0.3) is 0 Å². The molecule has 0 aromatic heterocycles. The average molecular weight is 263 g/mol. The topological polar surface area (TPSA) is 0 Å². The Kier molecular flexibility index (Phi) is 4.20. The summed E-state index contributed by atoms with van der Waals surface area (Å²) in [6.07, 6.45) is 9.62. The van der Waals surface area contributed by atoms with Crippen molar-refractivity contribution in [3.05, 3.63) is 65.0 Å². The fraction of sp³-hybridized carbons (Fsp3) is 0.200. The maximum Gasteiger partial charge on any atom is 0.0486 e. The smallest absolute Gasteiger partial charge is 0.0486 e. The van der Waals surface area contributed by atoms with Crippen molar-refractivity contribution in [2.24, 2.45) is 0 Å². The molecule has 0 radical (unpaired) electrons. The second kappa shape index (κ2) is 5.67. The molecule has 0 saturated heterocycles. The van der Waals surface area contributed by atoms with Gasteiger partial charge in [-0.2, -0.15) is 0 Å². The minimum absolute atomic E-state index is 0.705. The van der Waals surface area contributed by atoms with E-state index in [0.29, 0.717) is 0 Å². The van der Waals surface area contributed by atoms with Gasteiger partial charge in [0.25, 0.3) is 0 Å². The first-order valence-electron chi connectivity index (χ1n) is 5.73. The molecule has 0 amide bonds. The average Bonchev–Trinajstić information content (AvgIpc) is 2.54. The Morgan fingerprint density at radius 1 is 1.06 bits per heavy atom. The molecule has 0 saturated carbocycles. The molecule has 1 aromatic carbocycles. The van der Waals surface area contributed by atoms with Crippen molar-refractivity contribution >= 4 is 23.8 Å². The molecule has 0 nitrogen and oxygen atoms in total. The largest absolute Gasteiger partial charge is 0.0862 e. The highest BCUT2D eigenvalue weighted by atomic mass is 35.7. The Hall–Kier alpha value is -0.840. The van der Waals surface area contributed by atoms with Crippen LogP contribution in [0.1, 0.15) is 18.9 Å². The van der Waals surface area contributed by atoms with Gasteiger partial charge in [-0.1, -0.05) is 70.9 Å². The number of hydrogen-bond acceptors (Lipinski definition) is 0. The van der Waals surface area contributed by atoms with E-state index in [1.807, 2.05) is 0 Å². The molecule has 0 aliphatic heterocycles. The predicted octanol–water partition coefficient (Wildman–Crippen LogP) is 5.05.